The Hall–Kier alpha value is -1.99. The summed E-state index contributed by atoms with van der Waals surface area (Å²) in [7, 11) is 0. The first kappa shape index (κ1) is 18.1. The first-order valence-corrected chi connectivity index (χ1v) is 6.66. The molecule has 1 heterocycles. The molecule has 0 atom stereocenters. The molecule has 8 heteroatoms. The zero-order valence-corrected chi connectivity index (χ0v) is 13.0. The van der Waals surface area contributed by atoms with Gasteiger partial charge < -0.3 is 15.6 Å². The van der Waals surface area contributed by atoms with Gasteiger partial charge in [0.05, 0.1) is 0 Å². The minimum absolute atomic E-state index is 0. The van der Waals surface area contributed by atoms with Gasteiger partial charge in [-0.3, -0.25) is 4.79 Å². The average Bonchev–Trinajstić information content (AvgIpc) is 2.94. The smallest absolute Gasteiger partial charge is 0.227 e. The number of hydrogen-bond donors (Lipinski definition) is 2. The molecule has 1 amide bonds. The van der Waals surface area contributed by atoms with Gasteiger partial charge in [0.15, 0.2) is 0 Å². The van der Waals surface area contributed by atoms with Crippen LogP contribution < -0.4 is 11.1 Å². The number of benzene rings is 1. The minimum atomic E-state index is -0.279. The molecular weight excluding hydrogens is 311 g/mol. The third-order valence-electron chi connectivity index (χ3n) is 2.92. The first-order chi connectivity index (χ1) is 10.1. The predicted octanol–water partition coefficient (Wildman–Crippen LogP) is 1.61. The predicted molar refractivity (Wildman–Crippen MR) is 82.1 cm³/mol. The van der Waals surface area contributed by atoms with Crippen LogP contribution in [0.1, 0.15) is 17.9 Å². The van der Waals surface area contributed by atoms with Crippen molar-refractivity contribution in [2.75, 3.05) is 13.1 Å². The van der Waals surface area contributed by atoms with E-state index in [4.69, 9.17) is 10.3 Å². The van der Waals surface area contributed by atoms with E-state index in [0.717, 1.165) is 0 Å². The number of carbonyl (C=O) groups excluding carboxylic acids is 1. The van der Waals surface area contributed by atoms with Crippen molar-refractivity contribution in [3.8, 4) is 11.4 Å². The second kappa shape index (κ2) is 8.45. The summed E-state index contributed by atoms with van der Waals surface area (Å²) < 4.78 is 18.3. The fourth-order valence-electron chi connectivity index (χ4n) is 1.78. The Kier molecular flexibility index (Phi) is 6.94. The molecule has 0 bridgehead atoms. The maximum Gasteiger partial charge on any atom is 0.227 e. The number of aryl methyl sites for hydroxylation is 2. The van der Waals surface area contributed by atoms with Crippen LogP contribution in [0.25, 0.3) is 11.4 Å². The zero-order valence-electron chi connectivity index (χ0n) is 12.1. The van der Waals surface area contributed by atoms with Crippen molar-refractivity contribution >= 4 is 18.3 Å². The van der Waals surface area contributed by atoms with Crippen LogP contribution in [0.15, 0.2) is 22.7 Å². The normalized spacial score (nSPS) is 10.1. The Balaban J connectivity index is 0.00000242. The largest absolute Gasteiger partial charge is 0.355 e. The highest BCUT2D eigenvalue weighted by Gasteiger charge is 2.11. The van der Waals surface area contributed by atoms with E-state index >= 15 is 0 Å². The molecule has 0 spiro atoms. The van der Waals surface area contributed by atoms with Gasteiger partial charge in [-0.2, -0.15) is 4.98 Å². The maximum absolute atomic E-state index is 13.2. The monoisotopic (exact) mass is 328 g/mol. The van der Waals surface area contributed by atoms with Gasteiger partial charge in [-0.1, -0.05) is 5.16 Å². The molecule has 0 saturated carbocycles. The molecule has 2 aromatic rings. The molecule has 1 aromatic heterocycles. The molecule has 3 N–H and O–H groups in total. The van der Waals surface area contributed by atoms with E-state index in [9.17, 15) is 9.18 Å². The van der Waals surface area contributed by atoms with Gasteiger partial charge in [-0.25, -0.2) is 4.39 Å². The van der Waals surface area contributed by atoms with Crippen LogP contribution in [-0.4, -0.2) is 29.1 Å². The van der Waals surface area contributed by atoms with Crippen LogP contribution in [0.4, 0.5) is 4.39 Å². The van der Waals surface area contributed by atoms with E-state index in [0.29, 0.717) is 42.4 Å². The number of rotatable bonds is 6. The topological polar surface area (TPSA) is 94.0 Å². The molecule has 6 nitrogen and oxygen atoms in total. The summed E-state index contributed by atoms with van der Waals surface area (Å²) in [6.07, 6.45) is 0.605. The second-order valence-corrected chi connectivity index (χ2v) is 4.61. The summed E-state index contributed by atoms with van der Waals surface area (Å²) in [5.74, 6) is 0.363. The van der Waals surface area contributed by atoms with Crippen LogP contribution in [0.3, 0.4) is 0 Å². The van der Waals surface area contributed by atoms with Gasteiger partial charge in [0.25, 0.3) is 0 Å². The Morgan fingerprint density at radius 1 is 1.45 bits per heavy atom. The van der Waals surface area contributed by atoms with Crippen molar-refractivity contribution in [1.82, 2.24) is 15.5 Å². The Bertz CT molecular complexity index is 633. The molecule has 0 radical (unpaired) electrons. The van der Waals surface area contributed by atoms with Gasteiger partial charge >= 0.3 is 0 Å². The molecule has 0 saturated heterocycles. The number of carbonyl (C=O) groups is 1. The lowest BCUT2D eigenvalue weighted by Crippen LogP contribution is -2.29. The van der Waals surface area contributed by atoms with E-state index < -0.39 is 0 Å². The van der Waals surface area contributed by atoms with Crippen molar-refractivity contribution in [1.29, 1.82) is 0 Å². The van der Waals surface area contributed by atoms with Crippen LogP contribution >= 0.6 is 12.4 Å². The zero-order chi connectivity index (χ0) is 15.2. The lowest BCUT2D eigenvalue weighted by atomic mass is 10.1. The minimum Gasteiger partial charge on any atom is -0.355 e. The molecule has 0 fully saturated rings. The summed E-state index contributed by atoms with van der Waals surface area (Å²) in [5.41, 5.74) is 6.48. The lowest BCUT2D eigenvalue weighted by Gasteiger charge is -2.00. The van der Waals surface area contributed by atoms with E-state index in [1.165, 1.54) is 6.07 Å². The molecule has 22 heavy (non-hydrogen) atoms. The average molecular weight is 329 g/mol. The SMILES string of the molecule is Cc1cc(-c2noc(CCC(=O)NCCN)n2)ccc1F.Cl. The molecule has 120 valence electrons. The summed E-state index contributed by atoms with van der Waals surface area (Å²) in [5, 5.41) is 6.50. The van der Waals surface area contributed by atoms with E-state index in [1.807, 2.05) is 0 Å². The van der Waals surface area contributed by atoms with Gasteiger partial charge in [-0.15, -0.1) is 12.4 Å². The van der Waals surface area contributed by atoms with E-state index in [1.54, 1.807) is 19.1 Å². The Labute approximate surface area is 133 Å². The third-order valence-corrected chi connectivity index (χ3v) is 2.92. The van der Waals surface area contributed by atoms with Crippen molar-refractivity contribution in [2.45, 2.75) is 19.8 Å². The van der Waals surface area contributed by atoms with Gasteiger partial charge in [0, 0.05) is 31.5 Å². The third kappa shape index (κ3) is 4.78. The number of amides is 1. The van der Waals surface area contributed by atoms with Gasteiger partial charge in [-0.05, 0) is 30.7 Å². The summed E-state index contributed by atoms with van der Waals surface area (Å²) in [6, 6.07) is 4.60. The van der Waals surface area contributed by atoms with Crippen LogP contribution in [-0.2, 0) is 11.2 Å². The van der Waals surface area contributed by atoms with Gasteiger partial charge in [0.1, 0.15) is 5.82 Å². The lowest BCUT2D eigenvalue weighted by molar-refractivity contribution is -0.121. The highest BCUT2D eigenvalue weighted by Crippen LogP contribution is 2.19. The van der Waals surface area contributed by atoms with Crippen molar-refractivity contribution < 1.29 is 13.7 Å². The standard InChI is InChI=1S/C14H17FN4O2.ClH/c1-9-8-10(2-3-11(9)15)14-18-13(21-19-14)5-4-12(20)17-7-6-16;/h2-3,8H,4-7,16H2,1H3,(H,17,20);1H. The number of nitrogens with two attached hydrogens (primary N) is 1. The van der Waals surface area contributed by atoms with E-state index in [2.05, 4.69) is 15.5 Å². The second-order valence-electron chi connectivity index (χ2n) is 4.61. The quantitative estimate of drug-likeness (QED) is 0.840. The van der Waals surface area contributed by atoms with Crippen molar-refractivity contribution in [3.05, 3.63) is 35.5 Å². The molecular formula is C14H18ClFN4O2. The molecule has 0 aliphatic carbocycles. The summed E-state index contributed by atoms with van der Waals surface area (Å²) in [4.78, 5) is 15.6. The number of halogens is 2. The van der Waals surface area contributed by atoms with Crippen LogP contribution in [0.2, 0.25) is 0 Å². The highest BCUT2D eigenvalue weighted by molar-refractivity contribution is 5.85. The summed E-state index contributed by atoms with van der Waals surface area (Å²) in [6.45, 7) is 2.52. The van der Waals surface area contributed by atoms with E-state index in [-0.39, 0.29) is 30.6 Å². The molecule has 2 rings (SSSR count). The number of nitrogens with one attached hydrogen (secondary N) is 1. The molecule has 0 unspecified atom stereocenters. The molecule has 0 aliphatic heterocycles. The highest BCUT2D eigenvalue weighted by atomic mass is 35.5. The van der Waals surface area contributed by atoms with Gasteiger partial charge in [0.2, 0.25) is 17.6 Å². The summed E-state index contributed by atoms with van der Waals surface area (Å²) >= 11 is 0. The number of nitrogens with zero attached hydrogens (tertiary/aromatic N) is 2. The first-order valence-electron chi connectivity index (χ1n) is 6.66. The number of hydrogen-bond acceptors (Lipinski definition) is 5. The Morgan fingerprint density at radius 3 is 2.91 bits per heavy atom. The van der Waals surface area contributed by atoms with Crippen molar-refractivity contribution in [2.24, 2.45) is 5.73 Å². The van der Waals surface area contributed by atoms with Crippen LogP contribution in [0.5, 0.6) is 0 Å². The van der Waals surface area contributed by atoms with Crippen molar-refractivity contribution in [3.63, 3.8) is 0 Å². The fraction of sp³-hybridized carbons (Fsp3) is 0.357. The maximum atomic E-state index is 13.2. The molecule has 1 aromatic carbocycles. The van der Waals surface area contributed by atoms with Crippen LogP contribution in [0, 0.1) is 12.7 Å². The molecule has 0 aliphatic rings. The fourth-order valence-corrected chi connectivity index (χ4v) is 1.78. The number of aromatic nitrogens is 2. The Morgan fingerprint density at radius 2 is 2.23 bits per heavy atom.